The molecule has 15 atom stereocenters. The van der Waals surface area contributed by atoms with Crippen LogP contribution in [0.15, 0.2) is 0 Å². The monoisotopic (exact) mass is 644 g/mol. The maximum atomic E-state index is 12.2. The summed E-state index contributed by atoms with van der Waals surface area (Å²) < 4.78 is 27.2. The Hall–Kier alpha value is -2.15. The number of carboxylic acids is 1. The van der Waals surface area contributed by atoms with Gasteiger partial charge in [-0.2, -0.15) is 0 Å². The second-order valence-corrected chi connectivity index (χ2v) is 10.8. The Morgan fingerprint density at radius 3 is 1.93 bits per heavy atom. The summed E-state index contributed by atoms with van der Waals surface area (Å²) in [5, 5.41) is 107. The molecule has 3 aliphatic heterocycles. The van der Waals surface area contributed by atoms with Crippen molar-refractivity contribution in [3.8, 4) is 0 Å². The van der Waals surface area contributed by atoms with E-state index < -0.39 is 136 Å². The van der Waals surface area contributed by atoms with E-state index in [0.29, 0.717) is 0 Å². The second-order valence-electron chi connectivity index (χ2n) is 10.8. The fraction of sp³-hybridized carbons (Fsp3) is 0.875. The third kappa shape index (κ3) is 7.97. The first-order valence-electron chi connectivity index (χ1n) is 13.6. The molecule has 0 radical (unpaired) electrons. The van der Waals surface area contributed by atoms with Crippen LogP contribution >= 0.6 is 0 Å². The van der Waals surface area contributed by atoms with Gasteiger partial charge in [-0.15, -0.1) is 0 Å². The first kappa shape index (κ1) is 36.3. The summed E-state index contributed by atoms with van der Waals surface area (Å²) in [6, 6.07) is -2.83. The van der Waals surface area contributed by atoms with E-state index in [-0.39, 0.29) is 0 Å². The maximum Gasteiger partial charge on any atom is 0.364 e. The minimum Gasteiger partial charge on any atom is -0.477 e. The normalized spacial score (nSPS) is 43.6. The molecule has 20 nitrogen and oxygen atoms in total. The van der Waals surface area contributed by atoms with Crippen LogP contribution < -0.4 is 10.6 Å². The Bertz CT molecular complexity index is 1010. The molecular weight excluding hydrogens is 604 g/mol. The fourth-order valence-corrected chi connectivity index (χ4v) is 5.14. The van der Waals surface area contributed by atoms with Gasteiger partial charge in [0.15, 0.2) is 12.6 Å². The van der Waals surface area contributed by atoms with Crippen molar-refractivity contribution in [3.63, 3.8) is 0 Å². The van der Waals surface area contributed by atoms with Crippen molar-refractivity contribution in [2.45, 2.75) is 112 Å². The van der Waals surface area contributed by atoms with E-state index in [4.69, 9.17) is 23.7 Å². The predicted molar refractivity (Wildman–Crippen MR) is 136 cm³/mol. The van der Waals surface area contributed by atoms with Crippen LogP contribution in [-0.2, 0) is 38.1 Å². The van der Waals surface area contributed by atoms with Crippen molar-refractivity contribution in [3.05, 3.63) is 0 Å². The van der Waals surface area contributed by atoms with E-state index >= 15 is 0 Å². The lowest BCUT2D eigenvalue weighted by Crippen LogP contribution is -2.67. The molecule has 0 unspecified atom stereocenters. The van der Waals surface area contributed by atoms with Crippen LogP contribution in [-0.4, -0.2) is 180 Å². The van der Waals surface area contributed by atoms with Crippen LogP contribution in [0.25, 0.3) is 0 Å². The van der Waals surface area contributed by atoms with Gasteiger partial charge >= 0.3 is 5.97 Å². The van der Waals surface area contributed by atoms with Gasteiger partial charge in [0.05, 0.1) is 25.9 Å². The number of ether oxygens (including phenoxy) is 5. The molecule has 0 aromatic carbocycles. The number of carbonyl (C=O) groups excluding carboxylic acids is 2. The molecule has 0 aromatic rings. The van der Waals surface area contributed by atoms with Crippen LogP contribution in [0.3, 0.4) is 0 Å². The maximum absolute atomic E-state index is 12.2. The van der Waals surface area contributed by atoms with Gasteiger partial charge in [0.1, 0.15) is 67.0 Å². The molecule has 0 aliphatic carbocycles. The quantitative estimate of drug-likeness (QED) is 0.0993. The third-order valence-electron chi connectivity index (χ3n) is 7.49. The minimum atomic E-state index is -2.73. The Morgan fingerprint density at radius 1 is 0.841 bits per heavy atom. The number of aliphatic hydroxyl groups excluding tert-OH is 9. The van der Waals surface area contributed by atoms with Gasteiger partial charge in [-0.3, -0.25) is 9.59 Å². The van der Waals surface area contributed by atoms with Crippen molar-refractivity contribution >= 4 is 17.8 Å². The van der Waals surface area contributed by atoms with Crippen LogP contribution in [0.4, 0.5) is 0 Å². The first-order valence-corrected chi connectivity index (χ1v) is 13.6. The SMILES string of the molecule is CC(=O)N[C@@H]1[C@@H](O)[C@H](O)[C@@H](CO[C@@H]2O[C@H](CO[C@]3(C(=O)O)C[C@@H](O)[C@@H](O)[C@@H]([C@H](O)CO)O3)[C@@H](O)[C@H](O)[C@H]2NC(C)=O)O[C@H]1O. The van der Waals surface area contributed by atoms with Crippen LogP contribution in [0.5, 0.6) is 0 Å². The number of hydrogen-bond acceptors (Lipinski definition) is 17. The van der Waals surface area contributed by atoms with Crippen LogP contribution in [0, 0.1) is 0 Å². The van der Waals surface area contributed by atoms with Crippen LogP contribution in [0.2, 0.25) is 0 Å². The molecule has 0 spiro atoms. The second kappa shape index (κ2) is 15.0. The highest BCUT2D eigenvalue weighted by Crippen LogP contribution is 2.34. The zero-order chi connectivity index (χ0) is 33.1. The Labute approximate surface area is 249 Å². The number of nitrogens with one attached hydrogen (secondary N) is 2. The molecule has 254 valence electrons. The number of aliphatic carboxylic acids is 1. The molecule has 3 heterocycles. The molecule has 0 saturated carbocycles. The summed E-state index contributed by atoms with van der Waals surface area (Å²) in [5.41, 5.74) is 0. The van der Waals surface area contributed by atoms with Gasteiger partial charge in [-0.25, -0.2) is 4.79 Å². The highest BCUT2D eigenvalue weighted by molar-refractivity contribution is 5.76. The molecular formula is C24H40N2O18. The molecule has 20 heteroatoms. The van der Waals surface area contributed by atoms with Crippen molar-refractivity contribution < 1.29 is 89.1 Å². The van der Waals surface area contributed by atoms with Gasteiger partial charge in [0, 0.05) is 20.3 Å². The molecule has 12 N–H and O–H groups in total. The molecule has 3 fully saturated rings. The largest absolute Gasteiger partial charge is 0.477 e. The van der Waals surface area contributed by atoms with Gasteiger partial charge in [0.2, 0.25) is 11.8 Å². The Morgan fingerprint density at radius 2 is 1.39 bits per heavy atom. The lowest BCUT2D eigenvalue weighted by atomic mass is 9.92. The number of amides is 2. The van der Waals surface area contributed by atoms with E-state index in [2.05, 4.69) is 10.6 Å². The summed E-state index contributed by atoms with van der Waals surface area (Å²) in [7, 11) is 0. The molecule has 3 aliphatic rings. The summed E-state index contributed by atoms with van der Waals surface area (Å²) in [6.45, 7) is -0.287. The predicted octanol–water partition coefficient (Wildman–Crippen LogP) is -7.44. The number of carbonyl (C=O) groups is 3. The average Bonchev–Trinajstić information content (AvgIpc) is 2.95. The molecule has 44 heavy (non-hydrogen) atoms. The number of hydrogen-bond donors (Lipinski definition) is 12. The summed E-state index contributed by atoms with van der Waals surface area (Å²) in [5.74, 6) is -5.85. The zero-order valence-corrected chi connectivity index (χ0v) is 23.6. The number of carboxylic acid groups (broad SMARTS) is 1. The van der Waals surface area contributed by atoms with E-state index in [0.717, 1.165) is 13.8 Å². The zero-order valence-electron chi connectivity index (χ0n) is 23.6. The minimum absolute atomic E-state index is 0.623. The van der Waals surface area contributed by atoms with E-state index in [1.54, 1.807) is 0 Å². The van der Waals surface area contributed by atoms with Crippen molar-refractivity contribution in [1.82, 2.24) is 10.6 Å². The molecule has 3 rings (SSSR count). The molecule has 0 aromatic heterocycles. The summed E-state index contributed by atoms with van der Waals surface area (Å²) in [6.07, 6.45) is -21.6. The summed E-state index contributed by atoms with van der Waals surface area (Å²) >= 11 is 0. The topological polar surface area (TPSA) is 324 Å². The molecule has 3 saturated heterocycles. The molecule has 2 amide bonds. The standard InChI is InChI=1S/C24H40N2O18/c1-7(28)25-13-18(35)16(33)11(42-21(13)37)5-40-22-14(26-8(2)29)19(36)17(34)12(43-22)6-41-24(23(38)39)3-9(30)15(32)20(44-24)10(31)4-27/h9-22,27,30-37H,3-6H2,1-2H3,(H,25,28)(H,26,29)(H,38,39)/t9-,10-,11-,12-,13-,14-,15-,16-,17-,18-,19-,20-,21-,22-,24-/m1/s1. The van der Waals surface area contributed by atoms with E-state index in [1.165, 1.54) is 0 Å². The Kier molecular flexibility index (Phi) is 12.3. The summed E-state index contributed by atoms with van der Waals surface area (Å²) in [4.78, 5) is 35.3. The van der Waals surface area contributed by atoms with Crippen molar-refractivity contribution in [2.24, 2.45) is 0 Å². The van der Waals surface area contributed by atoms with Gasteiger partial charge in [-0.05, 0) is 0 Å². The lowest BCUT2D eigenvalue weighted by molar-refractivity contribution is -0.341. The van der Waals surface area contributed by atoms with E-state index in [9.17, 15) is 65.4 Å². The van der Waals surface area contributed by atoms with Gasteiger partial charge < -0.3 is 85.4 Å². The van der Waals surface area contributed by atoms with E-state index in [1.807, 2.05) is 0 Å². The van der Waals surface area contributed by atoms with Gasteiger partial charge in [0.25, 0.3) is 5.79 Å². The van der Waals surface area contributed by atoms with Crippen molar-refractivity contribution in [2.75, 3.05) is 19.8 Å². The number of aliphatic hydroxyl groups is 9. The fourth-order valence-electron chi connectivity index (χ4n) is 5.14. The van der Waals surface area contributed by atoms with Gasteiger partial charge in [-0.1, -0.05) is 0 Å². The third-order valence-corrected chi connectivity index (χ3v) is 7.49. The average molecular weight is 645 g/mol. The smallest absolute Gasteiger partial charge is 0.364 e. The lowest BCUT2D eigenvalue weighted by Gasteiger charge is -2.46. The highest BCUT2D eigenvalue weighted by Gasteiger charge is 2.56. The highest BCUT2D eigenvalue weighted by atomic mass is 16.7. The first-order chi connectivity index (χ1) is 20.5. The van der Waals surface area contributed by atoms with Crippen molar-refractivity contribution in [1.29, 1.82) is 0 Å². The van der Waals surface area contributed by atoms with Crippen LogP contribution in [0.1, 0.15) is 20.3 Å². The Balaban J connectivity index is 1.76. The molecule has 0 bridgehead atoms. The number of rotatable bonds is 11.